The zero-order valence-corrected chi connectivity index (χ0v) is 10.6. The van der Waals surface area contributed by atoms with Crippen LogP contribution in [0.3, 0.4) is 0 Å². The Bertz CT molecular complexity index is 117. The summed E-state index contributed by atoms with van der Waals surface area (Å²) in [5, 5.41) is 2.80. The van der Waals surface area contributed by atoms with Crippen LogP contribution in [0.4, 0.5) is 0 Å². The summed E-state index contributed by atoms with van der Waals surface area (Å²) in [6.07, 6.45) is 4.94. The van der Waals surface area contributed by atoms with Gasteiger partial charge in [0.25, 0.3) is 0 Å². The first-order valence-electron chi connectivity index (χ1n) is 4.95. The number of nitrogens with one attached hydrogen (secondary N) is 1. The Hall–Kier alpha value is -1.24. The molecule has 1 N–H and O–H groups in total. The van der Waals surface area contributed by atoms with Gasteiger partial charge < -0.3 is 5.32 Å². The molecule has 0 aromatic carbocycles. The van der Waals surface area contributed by atoms with Gasteiger partial charge in [0.1, 0.15) is 0 Å². The number of hydrogen-bond acceptors (Lipinski definition) is 1. The Labute approximate surface area is 90.9 Å². The van der Waals surface area contributed by atoms with Crippen LogP contribution in [0.1, 0.15) is 27.7 Å². The van der Waals surface area contributed by atoms with Crippen molar-refractivity contribution < 1.29 is 0 Å². The molecule has 1 nitrogen and oxygen atoms in total. The smallest absolute Gasteiger partial charge is 0.0258 e. The van der Waals surface area contributed by atoms with Gasteiger partial charge in [-0.15, -0.1) is 0 Å². The predicted molar refractivity (Wildman–Crippen MR) is 71.5 cm³/mol. The van der Waals surface area contributed by atoms with Gasteiger partial charge in [0.15, 0.2) is 0 Å². The summed E-state index contributed by atoms with van der Waals surface area (Å²) in [7, 11) is 1.81. The average molecular weight is 197 g/mol. The summed E-state index contributed by atoms with van der Waals surface area (Å²) < 4.78 is 0. The van der Waals surface area contributed by atoms with Gasteiger partial charge >= 0.3 is 0 Å². The second-order valence-corrected chi connectivity index (χ2v) is 1.45. The molecule has 0 heterocycles. The molecule has 0 aliphatic carbocycles. The minimum absolute atomic E-state index is 0.856. The highest BCUT2D eigenvalue weighted by atomic mass is 14.8. The van der Waals surface area contributed by atoms with Gasteiger partial charge in [0.2, 0.25) is 0 Å². The third kappa shape index (κ3) is 72.5. The fourth-order valence-electron chi connectivity index (χ4n) is 0.102. The number of allylic oxidation sites excluding steroid dienone is 3. The molecule has 0 bridgehead atoms. The first-order chi connectivity index (χ1) is 6.72. The molecular weight excluding hydrogens is 170 g/mol. The lowest BCUT2D eigenvalue weighted by molar-refractivity contribution is 1.04. The van der Waals surface area contributed by atoms with Crippen LogP contribution in [0.25, 0.3) is 0 Å². The van der Waals surface area contributed by atoms with E-state index in [2.05, 4.69) is 31.6 Å². The molecule has 0 saturated carbocycles. The first kappa shape index (κ1) is 23.0. The van der Waals surface area contributed by atoms with E-state index in [1.54, 1.807) is 18.2 Å². The Morgan fingerprint density at radius 3 is 1.21 bits per heavy atom. The molecule has 0 spiro atoms. The van der Waals surface area contributed by atoms with Crippen LogP contribution in [0.15, 0.2) is 50.2 Å². The zero-order valence-electron chi connectivity index (χ0n) is 10.6. The summed E-state index contributed by atoms with van der Waals surface area (Å²) >= 11 is 0. The van der Waals surface area contributed by atoms with E-state index in [9.17, 15) is 0 Å². The molecule has 0 aromatic rings. The lowest BCUT2D eigenvalue weighted by Gasteiger charge is -1.90. The van der Waals surface area contributed by atoms with E-state index >= 15 is 0 Å². The van der Waals surface area contributed by atoms with Crippen molar-refractivity contribution in [2.45, 2.75) is 27.7 Å². The van der Waals surface area contributed by atoms with Gasteiger partial charge in [-0.2, -0.15) is 0 Å². The molecule has 0 aromatic heterocycles. The molecule has 0 fully saturated rings. The van der Waals surface area contributed by atoms with Gasteiger partial charge in [-0.05, 0) is 6.08 Å². The highest BCUT2D eigenvalue weighted by Crippen LogP contribution is 1.76. The van der Waals surface area contributed by atoms with Crippen molar-refractivity contribution in [3.8, 4) is 0 Å². The van der Waals surface area contributed by atoms with Crippen molar-refractivity contribution in [1.29, 1.82) is 0 Å². The van der Waals surface area contributed by atoms with Gasteiger partial charge in [-0.1, -0.05) is 66.2 Å². The second-order valence-electron chi connectivity index (χ2n) is 1.45. The lowest BCUT2D eigenvalue weighted by Crippen LogP contribution is -1.99. The van der Waals surface area contributed by atoms with E-state index in [0.29, 0.717) is 0 Å². The Balaban J connectivity index is -0.0000000546. The normalized spacial score (nSPS) is 5.21. The third-order valence-electron chi connectivity index (χ3n) is 0.734. The molecule has 0 aliphatic rings. The SMILES string of the molecule is C=CC(=C)NC.C=CC=C.CC.CC. The average Bonchev–Trinajstić information content (AvgIpc) is 2.33. The molecule has 0 radical (unpaired) electrons. The first-order valence-corrected chi connectivity index (χ1v) is 4.95. The Kier molecular flexibility index (Phi) is 67.4. The summed E-state index contributed by atoms with van der Waals surface area (Å²) in [5.74, 6) is 0. The fraction of sp³-hybridized carbons (Fsp3) is 0.385. The molecule has 0 atom stereocenters. The summed E-state index contributed by atoms with van der Waals surface area (Å²) in [6.45, 7) is 21.8. The highest BCUT2D eigenvalue weighted by Gasteiger charge is 1.68. The van der Waals surface area contributed by atoms with Crippen molar-refractivity contribution in [2.75, 3.05) is 7.05 Å². The minimum Gasteiger partial charge on any atom is -0.389 e. The van der Waals surface area contributed by atoms with E-state index in [-0.39, 0.29) is 0 Å². The maximum Gasteiger partial charge on any atom is 0.0258 e. The van der Waals surface area contributed by atoms with E-state index in [1.165, 1.54) is 0 Å². The molecule has 14 heavy (non-hydrogen) atoms. The minimum atomic E-state index is 0.856. The van der Waals surface area contributed by atoms with Crippen LogP contribution in [-0.2, 0) is 0 Å². The van der Waals surface area contributed by atoms with Crippen molar-refractivity contribution >= 4 is 0 Å². The van der Waals surface area contributed by atoms with Crippen LogP contribution in [0, 0.1) is 0 Å². The van der Waals surface area contributed by atoms with E-state index < -0.39 is 0 Å². The molecule has 0 aliphatic heterocycles. The van der Waals surface area contributed by atoms with E-state index in [1.807, 2.05) is 34.7 Å². The topological polar surface area (TPSA) is 12.0 Å². The lowest BCUT2D eigenvalue weighted by atomic mass is 10.5. The van der Waals surface area contributed by atoms with Crippen LogP contribution in [0.2, 0.25) is 0 Å². The molecule has 1 heteroatoms. The largest absolute Gasteiger partial charge is 0.389 e. The molecule has 0 saturated heterocycles. The maximum atomic E-state index is 3.56. The van der Waals surface area contributed by atoms with Crippen molar-refractivity contribution in [1.82, 2.24) is 5.32 Å². The Morgan fingerprint density at radius 2 is 1.21 bits per heavy atom. The molecular formula is C13H27N. The van der Waals surface area contributed by atoms with Gasteiger partial charge in [-0.3, -0.25) is 0 Å². The quantitative estimate of drug-likeness (QED) is 0.665. The molecule has 0 unspecified atom stereocenters. The third-order valence-corrected chi connectivity index (χ3v) is 0.734. The van der Waals surface area contributed by atoms with Crippen LogP contribution in [0.5, 0.6) is 0 Å². The molecule has 84 valence electrons. The van der Waals surface area contributed by atoms with Crippen LogP contribution in [-0.4, -0.2) is 7.05 Å². The number of likely N-dealkylation sites (N-methyl/N-ethyl adjacent to an activating group) is 1. The molecule has 0 rings (SSSR count). The van der Waals surface area contributed by atoms with Gasteiger partial charge in [-0.25, -0.2) is 0 Å². The number of rotatable bonds is 3. The Morgan fingerprint density at radius 1 is 0.929 bits per heavy atom. The van der Waals surface area contributed by atoms with Crippen molar-refractivity contribution in [2.24, 2.45) is 0 Å². The van der Waals surface area contributed by atoms with Gasteiger partial charge in [0.05, 0.1) is 0 Å². The fourth-order valence-corrected chi connectivity index (χ4v) is 0.102. The predicted octanol–water partition coefficient (Wildman–Crippen LogP) is 4.32. The monoisotopic (exact) mass is 197 g/mol. The zero-order chi connectivity index (χ0) is 12.4. The standard InChI is InChI=1S/C5H9N.C4H6.2C2H6/c1-4-5(2)6-3;1-3-4-2;2*1-2/h4,6H,1-2H2,3H3;3-4H,1-2H2;2*1-2H3. The molecule has 0 amide bonds. The van der Waals surface area contributed by atoms with Crippen LogP contribution >= 0.6 is 0 Å². The van der Waals surface area contributed by atoms with Crippen molar-refractivity contribution in [3.05, 3.63) is 50.2 Å². The summed E-state index contributed by atoms with van der Waals surface area (Å²) in [4.78, 5) is 0. The van der Waals surface area contributed by atoms with E-state index in [4.69, 9.17) is 0 Å². The summed E-state index contributed by atoms with van der Waals surface area (Å²) in [6, 6.07) is 0. The van der Waals surface area contributed by atoms with Crippen molar-refractivity contribution in [3.63, 3.8) is 0 Å². The van der Waals surface area contributed by atoms with Crippen LogP contribution < -0.4 is 5.32 Å². The highest BCUT2D eigenvalue weighted by molar-refractivity contribution is 5.06. The maximum absolute atomic E-state index is 3.56. The number of hydrogen-bond donors (Lipinski definition) is 1. The van der Waals surface area contributed by atoms with E-state index in [0.717, 1.165) is 5.70 Å². The summed E-state index contributed by atoms with van der Waals surface area (Å²) in [5.41, 5.74) is 0.856. The second kappa shape index (κ2) is 41.0. The van der Waals surface area contributed by atoms with Gasteiger partial charge in [0, 0.05) is 12.7 Å².